The second-order valence-electron chi connectivity index (χ2n) is 5.63. The van der Waals surface area contributed by atoms with Crippen LogP contribution in [0.25, 0.3) is 0 Å². The molecule has 92 valence electrons. The van der Waals surface area contributed by atoms with Gasteiger partial charge in [0, 0.05) is 11.1 Å². The molecular weight excluding hydrogens is 237 g/mol. The van der Waals surface area contributed by atoms with E-state index in [1.54, 1.807) is 0 Å². The van der Waals surface area contributed by atoms with E-state index in [0.29, 0.717) is 10.9 Å². The standard InChI is InChI=1S/C14H17ClFN/c1-14(7-9(14)8-17-11-3-4-11)12-5-2-10(16)6-13(12)15/h2,5-6,9,11,17H,3-4,7-8H2,1H3. The van der Waals surface area contributed by atoms with E-state index in [2.05, 4.69) is 12.2 Å². The Balaban J connectivity index is 1.70. The minimum atomic E-state index is -0.254. The topological polar surface area (TPSA) is 12.0 Å². The van der Waals surface area contributed by atoms with Crippen LogP contribution in [0.2, 0.25) is 5.02 Å². The third-order valence-corrected chi connectivity index (χ3v) is 4.50. The lowest BCUT2D eigenvalue weighted by molar-refractivity contribution is 0.574. The molecular formula is C14H17ClFN. The molecule has 2 saturated carbocycles. The number of halogens is 2. The molecule has 2 aliphatic rings. The van der Waals surface area contributed by atoms with Gasteiger partial charge in [-0.05, 0) is 54.8 Å². The van der Waals surface area contributed by atoms with Crippen molar-refractivity contribution >= 4 is 11.6 Å². The van der Waals surface area contributed by atoms with Crippen LogP contribution in [0.1, 0.15) is 31.7 Å². The van der Waals surface area contributed by atoms with Gasteiger partial charge in [-0.1, -0.05) is 24.6 Å². The second kappa shape index (κ2) is 3.96. The van der Waals surface area contributed by atoms with Gasteiger partial charge in [0.25, 0.3) is 0 Å². The van der Waals surface area contributed by atoms with Crippen molar-refractivity contribution < 1.29 is 4.39 Å². The highest BCUT2D eigenvalue weighted by molar-refractivity contribution is 6.31. The van der Waals surface area contributed by atoms with E-state index in [1.807, 2.05) is 6.07 Å². The summed E-state index contributed by atoms with van der Waals surface area (Å²) in [4.78, 5) is 0. The molecule has 0 aliphatic heterocycles. The predicted octanol–water partition coefficient (Wildman–Crippen LogP) is 3.51. The first-order chi connectivity index (χ1) is 8.09. The summed E-state index contributed by atoms with van der Waals surface area (Å²) in [5.74, 6) is 0.390. The summed E-state index contributed by atoms with van der Waals surface area (Å²) < 4.78 is 13.0. The zero-order valence-corrected chi connectivity index (χ0v) is 10.7. The summed E-state index contributed by atoms with van der Waals surface area (Å²) in [7, 11) is 0. The molecule has 0 saturated heterocycles. The molecule has 1 aromatic carbocycles. The monoisotopic (exact) mass is 253 g/mol. The van der Waals surface area contributed by atoms with E-state index in [0.717, 1.165) is 24.6 Å². The second-order valence-corrected chi connectivity index (χ2v) is 6.03. The van der Waals surface area contributed by atoms with Gasteiger partial charge in [0.1, 0.15) is 5.82 Å². The Morgan fingerprint density at radius 2 is 2.24 bits per heavy atom. The van der Waals surface area contributed by atoms with Gasteiger partial charge < -0.3 is 5.32 Å². The largest absolute Gasteiger partial charge is 0.314 e. The highest BCUT2D eigenvalue weighted by Gasteiger charge is 2.51. The minimum absolute atomic E-state index is 0.146. The molecule has 0 radical (unpaired) electrons. The molecule has 0 aromatic heterocycles. The van der Waals surface area contributed by atoms with Gasteiger partial charge in [-0.2, -0.15) is 0 Å². The van der Waals surface area contributed by atoms with Crippen LogP contribution in [0.5, 0.6) is 0 Å². The summed E-state index contributed by atoms with van der Waals surface area (Å²) in [6.45, 7) is 3.29. The maximum Gasteiger partial charge on any atom is 0.124 e. The fraction of sp³-hybridized carbons (Fsp3) is 0.571. The Morgan fingerprint density at radius 3 is 2.88 bits per heavy atom. The van der Waals surface area contributed by atoms with E-state index in [-0.39, 0.29) is 11.2 Å². The molecule has 2 atom stereocenters. The van der Waals surface area contributed by atoms with Gasteiger partial charge in [0.15, 0.2) is 0 Å². The first kappa shape index (κ1) is 11.5. The highest BCUT2D eigenvalue weighted by Crippen LogP contribution is 2.55. The van der Waals surface area contributed by atoms with Crippen molar-refractivity contribution in [2.45, 2.75) is 37.6 Å². The van der Waals surface area contributed by atoms with Crippen LogP contribution >= 0.6 is 11.6 Å². The van der Waals surface area contributed by atoms with Crippen LogP contribution in [0.3, 0.4) is 0 Å². The first-order valence-electron chi connectivity index (χ1n) is 6.28. The highest BCUT2D eigenvalue weighted by atomic mass is 35.5. The van der Waals surface area contributed by atoms with Crippen LogP contribution in [-0.4, -0.2) is 12.6 Å². The SMILES string of the molecule is CC1(c2ccc(F)cc2Cl)CC1CNC1CC1. The average molecular weight is 254 g/mol. The van der Waals surface area contributed by atoms with Gasteiger partial charge in [-0.3, -0.25) is 0 Å². The van der Waals surface area contributed by atoms with Crippen LogP contribution in [-0.2, 0) is 5.41 Å². The van der Waals surface area contributed by atoms with Gasteiger partial charge in [-0.25, -0.2) is 4.39 Å². The van der Waals surface area contributed by atoms with Crippen molar-refractivity contribution in [2.24, 2.45) is 5.92 Å². The molecule has 17 heavy (non-hydrogen) atoms. The summed E-state index contributed by atoms with van der Waals surface area (Å²) in [6.07, 6.45) is 3.79. The van der Waals surface area contributed by atoms with E-state index < -0.39 is 0 Å². The van der Waals surface area contributed by atoms with Gasteiger partial charge in [0.2, 0.25) is 0 Å². The molecule has 3 rings (SSSR count). The summed E-state index contributed by atoms with van der Waals surface area (Å²) >= 11 is 6.13. The Bertz CT molecular complexity index is 444. The number of rotatable bonds is 4. The third-order valence-electron chi connectivity index (χ3n) is 4.19. The van der Waals surface area contributed by atoms with Gasteiger partial charge >= 0.3 is 0 Å². The fourth-order valence-electron chi connectivity index (χ4n) is 2.63. The van der Waals surface area contributed by atoms with Crippen molar-refractivity contribution in [3.05, 3.63) is 34.6 Å². The lowest BCUT2D eigenvalue weighted by atomic mass is 9.95. The Hall–Kier alpha value is -0.600. The van der Waals surface area contributed by atoms with E-state index in [4.69, 9.17) is 11.6 Å². The van der Waals surface area contributed by atoms with Crippen molar-refractivity contribution in [2.75, 3.05) is 6.54 Å². The Kier molecular flexibility index (Phi) is 2.68. The average Bonchev–Trinajstić information content (AvgIpc) is 3.13. The fourth-order valence-corrected chi connectivity index (χ4v) is 3.01. The number of hydrogen-bond acceptors (Lipinski definition) is 1. The molecule has 0 heterocycles. The maximum atomic E-state index is 13.0. The quantitative estimate of drug-likeness (QED) is 0.866. The summed E-state index contributed by atoms with van der Waals surface area (Å²) in [5, 5.41) is 4.13. The maximum absolute atomic E-state index is 13.0. The number of nitrogens with one attached hydrogen (secondary N) is 1. The molecule has 0 bridgehead atoms. The molecule has 3 heteroatoms. The van der Waals surface area contributed by atoms with Crippen molar-refractivity contribution in [3.8, 4) is 0 Å². The normalized spacial score (nSPS) is 31.6. The molecule has 0 amide bonds. The number of benzene rings is 1. The Labute approximate surface area is 106 Å². The van der Waals surface area contributed by atoms with Crippen LogP contribution in [0, 0.1) is 11.7 Å². The first-order valence-corrected chi connectivity index (χ1v) is 6.66. The number of hydrogen-bond donors (Lipinski definition) is 1. The van der Waals surface area contributed by atoms with Crippen LogP contribution in [0.15, 0.2) is 18.2 Å². The molecule has 2 fully saturated rings. The van der Waals surface area contributed by atoms with E-state index in [1.165, 1.54) is 25.0 Å². The zero-order valence-electron chi connectivity index (χ0n) is 9.97. The smallest absolute Gasteiger partial charge is 0.124 e. The molecule has 1 aromatic rings. The predicted molar refractivity (Wildman–Crippen MR) is 67.9 cm³/mol. The minimum Gasteiger partial charge on any atom is -0.314 e. The summed E-state index contributed by atoms with van der Waals surface area (Å²) in [6, 6.07) is 5.53. The lowest BCUT2D eigenvalue weighted by Gasteiger charge is -2.14. The summed E-state index contributed by atoms with van der Waals surface area (Å²) in [5.41, 5.74) is 1.25. The Morgan fingerprint density at radius 1 is 1.47 bits per heavy atom. The molecule has 1 nitrogen and oxygen atoms in total. The van der Waals surface area contributed by atoms with Gasteiger partial charge in [0.05, 0.1) is 0 Å². The van der Waals surface area contributed by atoms with E-state index >= 15 is 0 Å². The zero-order chi connectivity index (χ0) is 12.0. The molecule has 0 spiro atoms. The van der Waals surface area contributed by atoms with E-state index in [9.17, 15) is 4.39 Å². The van der Waals surface area contributed by atoms with Crippen molar-refractivity contribution in [1.82, 2.24) is 5.32 Å². The van der Waals surface area contributed by atoms with Crippen LogP contribution < -0.4 is 5.32 Å². The molecule has 2 unspecified atom stereocenters. The van der Waals surface area contributed by atoms with Crippen molar-refractivity contribution in [3.63, 3.8) is 0 Å². The molecule has 1 N–H and O–H groups in total. The van der Waals surface area contributed by atoms with Gasteiger partial charge in [-0.15, -0.1) is 0 Å². The molecule has 2 aliphatic carbocycles. The lowest BCUT2D eigenvalue weighted by Crippen LogP contribution is -2.22. The third kappa shape index (κ3) is 2.21. The van der Waals surface area contributed by atoms with Crippen LogP contribution in [0.4, 0.5) is 4.39 Å². The van der Waals surface area contributed by atoms with Crippen molar-refractivity contribution in [1.29, 1.82) is 0 Å².